The molecule has 162 valence electrons. The lowest BCUT2D eigenvalue weighted by Crippen LogP contribution is -2.57. The molecule has 1 heterocycles. The van der Waals surface area contributed by atoms with E-state index in [9.17, 15) is 30.0 Å². The molecule has 0 spiro atoms. The Labute approximate surface area is 166 Å². The first-order chi connectivity index (χ1) is 12.9. The van der Waals surface area contributed by atoms with Crippen LogP contribution < -0.4 is 0 Å². The molecule has 8 nitrogen and oxygen atoms in total. The maximum Gasteiger partial charge on any atom is 0.330 e. The Balaban J connectivity index is 3.00. The van der Waals surface area contributed by atoms with Crippen LogP contribution in [0, 0.1) is 11.8 Å². The molecular weight excluding hydrogens is 368 g/mol. The number of cyclic esters (lactones) is 1. The maximum absolute atomic E-state index is 12.2. The zero-order valence-corrected chi connectivity index (χ0v) is 17.2. The quantitative estimate of drug-likeness (QED) is 0.377. The number of hydrogen-bond acceptors (Lipinski definition) is 8. The van der Waals surface area contributed by atoms with Gasteiger partial charge >= 0.3 is 11.9 Å². The van der Waals surface area contributed by atoms with Gasteiger partial charge in [0.25, 0.3) is 0 Å². The summed E-state index contributed by atoms with van der Waals surface area (Å²) in [5, 5.41) is 41.3. The molecule has 1 saturated heterocycles. The van der Waals surface area contributed by atoms with E-state index >= 15 is 0 Å². The van der Waals surface area contributed by atoms with E-state index in [0.717, 1.165) is 18.9 Å². The summed E-state index contributed by atoms with van der Waals surface area (Å²) in [6, 6.07) is 0. The molecule has 0 aromatic carbocycles. The van der Waals surface area contributed by atoms with Crippen LogP contribution in [0.1, 0.15) is 53.9 Å². The van der Waals surface area contributed by atoms with Gasteiger partial charge in [-0.15, -0.1) is 0 Å². The fraction of sp³-hybridized carbons (Fsp3) is 0.800. The monoisotopic (exact) mass is 402 g/mol. The second-order valence-electron chi connectivity index (χ2n) is 7.88. The fourth-order valence-electron chi connectivity index (χ4n) is 3.38. The number of rotatable bonds is 6. The van der Waals surface area contributed by atoms with Gasteiger partial charge in [-0.25, -0.2) is 4.79 Å². The maximum atomic E-state index is 12.2. The number of carbonyl (C=O) groups excluding carboxylic acids is 2. The third-order valence-corrected chi connectivity index (χ3v) is 5.38. The van der Waals surface area contributed by atoms with Crippen LogP contribution in [-0.2, 0) is 19.1 Å². The fourth-order valence-corrected chi connectivity index (χ4v) is 3.38. The third-order valence-electron chi connectivity index (χ3n) is 5.38. The minimum absolute atomic E-state index is 0.519. The van der Waals surface area contributed by atoms with Crippen LogP contribution >= 0.6 is 0 Å². The van der Waals surface area contributed by atoms with E-state index in [-0.39, 0.29) is 0 Å². The standard InChI is InChI=1S/C20H34O8/c1-6-7-8-14(21)9-10-15(22)28-16-11(2)17(23)20(5,26)18(24)12(3)19(25)27-13(16)4/h9-14,16-18,21,23-24,26H,6-8H2,1-5H3. The predicted molar refractivity (Wildman–Crippen MR) is 101 cm³/mol. The van der Waals surface area contributed by atoms with E-state index in [0.29, 0.717) is 6.42 Å². The van der Waals surface area contributed by atoms with Gasteiger partial charge in [-0.1, -0.05) is 26.7 Å². The lowest BCUT2D eigenvalue weighted by Gasteiger charge is -2.39. The molecule has 0 amide bonds. The zero-order chi connectivity index (χ0) is 21.6. The summed E-state index contributed by atoms with van der Waals surface area (Å²) in [4.78, 5) is 24.4. The number of aliphatic hydroxyl groups is 4. The predicted octanol–water partition coefficient (Wildman–Crippen LogP) is 0.696. The van der Waals surface area contributed by atoms with Gasteiger partial charge in [-0.2, -0.15) is 0 Å². The number of esters is 2. The molecule has 0 aromatic heterocycles. The van der Waals surface area contributed by atoms with Crippen LogP contribution in [0.3, 0.4) is 0 Å². The first kappa shape index (κ1) is 24.6. The smallest absolute Gasteiger partial charge is 0.330 e. The molecule has 0 aromatic rings. The van der Waals surface area contributed by atoms with Crippen LogP contribution in [0.15, 0.2) is 12.2 Å². The van der Waals surface area contributed by atoms with Gasteiger partial charge in [-0.3, -0.25) is 4.79 Å². The Bertz CT molecular complexity index is 558. The second kappa shape index (κ2) is 10.3. The first-order valence-corrected chi connectivity index (χ1v) is 9.79. The minimum Gasteiger partial charge on any atom is -0.458 e. The first-order valence-electron chi connectivity index (χ1n) is 9.79. The number of carbonyl (C=O) groups is 2. The summed E-state index contributed by atoms with van der Waals surface area (Å²) < 4.78 is 10.7. The molecule has 1 rings (SSSR count). The van der Waals surface area contributed by atoms with Crippen molar-refractivity contribution in [3.05, 3.63) is 12.2 Å². The van der Waals surface area contributed by atoms with Crippen LogP contribution in [0.25, 0.3) is 0 Å². The normalized spacial score (nSPS) is 38.2. The average molecular weight is 402 g/mol. The third kappa shape index (κ3) is 6.01. The van der Waals surface area contributed by atoms with E-state index in [1.165, 1.54) is 33.8 Å². The molecule has 8 atom stereocenters. The van der Waals surface area contributed by atoms with Crippen molar-refractivity contribution < 1.29 is 39.5 Å². The summed E-state index contributed by atoms with van der Waals surface area (Å²) in [7, 11) is 0. The van der Waals surface area contributed by atoms with Gasteiger partial charge in [0.05, 0.1) is 24.2 Å². The Kier molecular flexibility index (Phi) is 9.07. The van der Waals surface area contributed by atoms with Gasteiger partial charge < -0.3 is 29.9 Å². The van der Waals surface area contributed by atoms with Crippen molar-refractivity contribution in [3.63, 3.8) is 0 Å². The van der Waals surface area contributed by atoms with E-state index in [4.69, 9.17) is 9.47 Å². The van der Waals surface area contributed by atoms with Gasteiger partial charge in [-0.05, 0) is 33.3 Å². The van der Waals surface area contributed by atoms with Crippen molar-refractivity contribution in [1.82, 2.24) is 0 Å². The summed E-state index contributed by atoms with van der Waals surface area (Å²) in [6.45, 7) is 7.64. The Morgan fingerprint density at radius 1 is 1.29 bits per heavy atom. The Morgan fingerprint density at radius 3 is 2.46 bits per heavy atom. The molecule has 1 fully saturated rings. The summed E-state index contributed by atoms with van der Waals surface area (Å²) in [6.07, 6.45) is -1.13. The summed E-state index contributed by atoms with van der Waals surface area (Å²) in [5.74, 6) is -3.47. The Hall–Kier alpha value is -1.48. The second-order valence-corrected chi connectivity index (χ2v) is 7.88. The lowest BCUT2D eigenvalue weighted by atomic mass is 9.78. The van der Waals surface area contributed by atoms with Crippen molar-refractivity contribution in [2.75, 3.05) is 0 Å². The van der Waals surface area contributed by atoms with Gasteiger partial charge in [0.15, 0.2) is 0 Å². The molecule has 1 aliphatic heterocycles. The van der Waals surface area contributed by atoms with Gasteiger partial charge in [0, 0.05) is 12.0 Å². The molecule has 0 saturated carbocycles. The molecule has 1 aliphatic rings. The SMILES string of the molecule is CCCCC(O)C=CC(=O)OC1C(C)OC(=O)C(C)C(O)C(C)(O)C(O)C1C. The van der Waals surface area contributed by atoms with Crippen molar-refractivity contribution in [1.29, 1.82) is 0 Å². The Morgan fingerprint density at radius 2 is 1.89 bits per heavy atom. The van der Waals surface area contributed by atoms with Crippen LogP contribution in [-0.4, -0.2) is 68.5 Å². The van der Waals surface area contributed by atoms with Crippen molar-refractivity contribution >= 4 is 11.9 Å². The molecular formula is C20H34O8. The van der Waals surface area contributed by atoms with Crippen molar-refractivity contribution in [2.24, 2.45) is 11.8 Å². The lowest BCUT2D eigenvalue weighted by molar-refractivity contribution is -0.180. The van der Waals surface area contributed by atoms with Crippen LogP contribution in [0.5, 0.6) is 0 Å². The van der Waals surface area contributed by atoms with E-state index < -0.39 is 59.9 Å². The summed E-state index contributed by atoms with van der Waals surface area (Å²) >= 11 is 0. The van der Waals surface area contributed by atoms with E-state index in [1.54, 1.807) is 0 Å². The molecule has 0 radical (unpaired) electrons. The largest absolute Gasteiger partial charge is 0.458 e. The molecule has 4 N–H and O–H groups in total. The van der Waals surface area contributed by atoms with E-state index in [2.05, 4.69) is 0 Å². The van der Waals surface area contributed by atoms with Crippen LogP contribution in [0.2, 0.25) is 0 Å². The molecule has 0 aliphatic carbocycles. The van der Waals surface area contributed by atoms with Crippen molar-refractivity contribution in [3.8, 4) is 0 Å². The van der Waals surface area contributed by atoms with Gasteiger partial charge in [0.1, 0.15) is 17.8 Å². The number of hydrogen-bond donors (Lipinski definition) is 4. The zero-order valence-electron chi connectivity index (χ0n) is 17.2. The average Bonchev–Trinajstić information content (AvgIpc) is 2.66. The minimum atomic E-state index is -2.02. The number of ether oxygens (including phenoxy) is 2. The molecule has 8 unspecified atom stereocenters. The topological polar surface area (TPSA) is 134 Å². The van der Waals surface area contributed by atoms with E-state index in [1.807, 2.05) is 6.92 Å². The summed E-state index contributed by atoms with van der Waals surface area (Å²) in [5.41, 5.74) is -2.02. The number of aliphatic hydroxyl groups excluding tert-OH is 3. The van der Waals surface area contributed by atoms with Crippen LogP contribution in [0.4, 0.5) is 0 Å². The highest BCUT2D eigenvalue weighted by atomic mass is 16.6. The molecule has 8 heteroatoms. The van der Waals surface area contributed by atoms with Gasteiger partial charge in [0.2, 0.25) is 0 Å². The highest BCUT2D eigenvalue weighted by molar-refractivity contribution is 5.82. The van der Waals surface area contributed by atoms with Crippen molar-refractivity contribution in [2.45, 2.75) is 90.0 Å². The molecule has 0 bridgehead atoms. The highest BCUT2D eigenvalue weighted by Gasteiger charge is 2.50. The number of unbranched alkanes of at least 4 members (excludes halogenated alkanes) is 1. The molecule has 28 heavy (non-hydrogen) atoms. The highest BCUT2D eigenvalue weighted by Crippen LogP contribution is 2.32.